The van der Waals surface area contributed by atoms with Gasteiger partial charge in [0, 0.05) is 0 Å². The van der Waals surface area contributed by atoms with Crippen molar-refractivity contribution in [2.75, 3.05) is 0 Å². The molecule has 0 saturated carbocycles. The second-order valence-electron chi connectivity index (χ2n) is 4.25. The number of imidazole rings is 1. The number of ketones is 1. The van der Waals surface area contributed by atoms with E-state index in [1.54, 1.807) is 18.2 Å². The zero-order valence-corrected chi connectivity index (χ0v) is 9.84. The van der Waals surface area contributed by atoms with E-state index >= 15 is 0 Å². The topological polar surface area (TPSA) is 92.3 Å². The summed E-state index contributed by atoms with van der Waals surface area (Å²) in [6.45, 7) is 0.213. The van der Waals surface area contributed by atoms with E-state index in [1.165, 1.54) is 6.33 Å². The molecule has 0 saturated heterocycles. The highest BCUT2D eigenvalue weighted by molar-refractivity contribution is 6.10. The van der Waals surface area contributed by atoms with Crippen molar-refractivity contribution in [3.63, 3.8) is 0 Å². The van der Waals surface area contributed by atoms with Gasteiger partial charge in [0.2, 0.25) is 5.78 Å². The van der Waals surface area contributed by atoms with Crippen LogP contribution in [0.2, 0.25) is 0 Å². The molecule has 0 aliphatic carbocycles. The van der Waals surface area contributed by atoms with Crippen LogP contribution < -0.4 is 4.74 Å². The number of hydrogen-bond acceptors (Lipinski definition) is 4. The molecule has 1 aliphatic rings. The van der Waals surface area contributed by atoms with Gasteiger partial charge >= 0.3 is 5.97 Å². The monoisotopic (exact) mass is 258 g/mol. The molecule has 0 fully saturated rings. The fraction of sp³-hybridized carbons (Fsp3) is 0.154. The smallest absolute Gasteiger partial charge is 0.307 e. The number of benzene rings is 1. The number of rotatable bonds is 2. The lowest BCUT2D eigenvalue weighted by atomic mass is 10.0. The van der Waals surface area contributed by atoms with Crippen LogP contribution in [0.3, 0.4) is 0 Å². The summed E-state index contributed by atoms with van der Waals surface area (Å²) in [4.78, 5) is 29.8. The molecule has 0 atom stereocenters. The summed E-state index contributed by atoms with van der Waals surface area (Å²) in [6.07, 6.45) is 1.35. The number of ether oxygens (including phenoxy) is 1. The van der Waals surface area contributed by atoms with Crippen molar-refractivity contribution < 1.29 is 19.4 Å². The summed E-state index contributed by atoms with van der Waals surface area (Å²) < 4.78 is 5.54. The summed E-state index contributed by atoms with van der Waals surface area (Å²) in [6, 6.07) is 4.79. The molecule has 3 rings (SSSR count). The third-order valence-corrected chi connectivity index (χ3v) is 2.95. The van der Waals surface area contributed by atoms with Crippen molar-refractivity contribution in [2.45, 2.75) is 13.0 Å². The van der Waals surface area contributed by atoms with Gasteiger partial charge in [0.25, 0.3) is 0 Å². The summed E-state index contributed by atoms with van der Waals surface area (Å²) in [5, 5.41) is 8.76. The number of carboxylic acids is 1. The Kier molecular flexibility index (Phi) is 2.56. The number of hydrogen-bond donors (Lipinski definition) is 2. The predicted octanol–water partition coefficient (Wildman–Crippen LogP) is 1.16. The highest BCUT2D eigenvalue weighted by atomic mass is 16.5. The van der Waals surface area contributed by atoms with Gasteiger partial charge in [-0.15, -0.1) is 0 Å². The van der Waals surface area contributed by atoms with Crippen LogP contribution in [0.4, 0.5) is 0 Å². The molecule has 96 valence electrons. The summed E-state index contributed by atoms with van der Waals surface area (Å²) >= 11 is 0. The number of aromatic nitrogens is 2. The van der Waals surface area contributed by atoms with E-state index in [0.717, 1.165) is 0 Å². The standard InChI is InChI=1S/C13H10N2O4/c16-11(17)4-7-1-2-8-10(3-7)19-5-9-12(13(8)18)15-6-14-9/h1-3,6H,4-5H2,(H,14,15)(H,16,17). The average molecular weight is 258 g/mol. The van der Waals surface area contributed by atoms with Crippen LogP contribution in [0.5, 0.6) is 5.75 Å². The van der Waals surface area contributed by atoms with Crippen LogP contribution in [0.15, 0.2) is 24.5 Å². The first kappa shape index (κ1) is 11.5. The number of carboxylic acid groups (broad SMARTS) is 1. The minimum absolute atomic E-state index is 0.103. The van der Waals surface area contributed by atoms with Gasteiger partial charge in [-0.05, 0) is 17.7 Å². The minimum Gasteiger partial charge on any atom is -0.487 e. The van der Waals surface area contributed by atoms with Gasteiger partial charge in [0.15, 0.2) is 0 Å². The molecule has 2 N–H and O–H groups in total. The normalized spacial score (nSPS) is 13.2. The molecule has 1 aliphatic heterocycles. The summed E-state index contributed by atoms with van der Waals surface area (Å²) in [7, 11) is 0. The maximum atomic E-state index is 12.2. The Bertz CT molecular complexity index is 675. The molecular formula is C13H10N2O4. The molecule has 0 unspecified atom stereocenters. The fourth-order valence-corrected chi connectivity index (χ4v) is 2.06. The zero-order valence-electron chi connectivity index (χ0n) is 9.84. The predicted molar refractivity (Wildman–Crippen MR) is 64.1 cm³/mol. The van der Waals surface area contributed by atoms with Crippen molar-refractivity contribution in [1.29, 1.82) is 0 Å². The first-order chi connectivity index (χ1) is 9.15. The van der Waals surface area contributed by atoms with E-state index in [1.807, 2.05) is 0 Å². The van der Waals surface area contributed by atoms with Crippen molar-refractivity contribution in [3.05, 3.63) is 47.0 Å². The molecule has 2 heterocycles. The highest BCUT2D eigenvalue weighted by Gasteiger charge is 2.24. The number of carbonyl (C=O) groups is 2. The van der Waals surface area contributed by atoms with Gasteiger partial charge in [-0.3, -0.25) is 9.59 Å². The van der Waals surface area contributed by atoms with Crippen molar-refractivity contribution >= 4 is 11.8 Å². The third kappa shape index (κ3) is 1.97. The number of carbonyl (C=O) groups excluding carboxylic acids is 1. The molecule has 2 aromatic rings. The molecule has 0 amide bonds. The van der Waals surface area contributed by atoms with Gasteiger partial charge in [-0.2, -0.15) is 0 Å². The van der Waals surface area contributed by atoms with E-state index in [2.05, 4.69) is 9.97 Å². The molecule has 6 nitrogen and oxygen atoms in total. The van der Waals surface area contributed by atoms with Crippen LogP contribution in [-0.2, 0) is 17.8 Å². The lowest BCUT2D eigenvalue weighted by Crippen LogP contribution is -2.04. The Morgan fingerprint density at radius 2 is 2.32 bits per heavy atom. The van der Waals surface area contributed by atoms with Gasteiger partial charge in [-0.1, -0.05) is 6.07 Å². The fourth-order valence-electron chi connectivity index (χ4n) is 2.06. The number of H-pyrrole nitrogens is 1. The van der Waals surface area contributed by atoms with E-state index < -0.39 is 5.97 Å². The van der Waals surface area contributed by atoms with Gasteiger partial charge < -0.3 is 14.8 Å². The van der Waals surface area contributed by atoms with E-state index in [4.69, 9.17) is 9.84 Å². The largest absolute Gasteiger partial charge is 0.487 e. The first-order valence-electron chi connectivity index (χ1n) is 5.69. The van der Waals surface area contributed by atoms with Gasteiger partial charge in [0.05, 0.1) is 24.0 Å². The lowest BCUT2D eigenvalue weighted by Gasteiger charge is -2.07. The van der Waals surface area contributed by atoms with E-state index in [-0.39, 0.29) is 18.8 Å². The van der Waals surface area contributed by atoms with Gasteiger partial charge in [0.1, 0.15) is 18.1 Å². The Morgan fingerprint density at radius 3 is 3.11 bits per heavy atom. The molecule has 0 radical (unpaired) electrons. The average Bonchev–Trinajstić information content (AvgIpc) is 2.79. The van der Waals surface area contributed by atoms with Crippen LogP contribution in [-0.4, -0.2) is 26.8 Å². The molecular weight excluding hydrogens is 248 g/mol. The molecule has 0 spiro atoms. The van der Waals surface area contributed by atoms with Crippen LogP contribution in [0, 0.1) is 0 Å². The maximum absolute atomic E-state index is 12.2. The number of aromatic amines is 1. The number of aliphatic carboxylic acids is 1. The molecule has 1 aromatic heterocycles. The third-order valence-electron chi connectivity index (χ3n) is 2.95. The Labute approximate surface area is 108 Å². The van der Waals surface area contributed by atoms with Crippen LogP contribution in [0.25, 0.3) is 0 Å². The zero-order chi connectivity index (χ0) is 13.4. The second kappa shape index (κ2) is 4.24. The maximum Gasteiger partial charge on any atom is 0.307 e. The number of nitrogens with one attached hydrogen (secondary N) is 1. The van der Waals surface area contributed by atoms with Crippen molar-refractivity contribution in [2.24, 2.45) is 0 Å². The van der Waals surface area contributed by atoms with Crippen LogP contribution in [0.1, 0.15) is 27.3 Å². The minimum atomic E-state index is -0.924. The number of nitrogens with zero attached hydrogens (tertiary/aromatic N) is 1. The first-order valence-corrected chi connectivity index (χ1v) is 5.69. The van der Waals surface area contributed by atoms with Crippen molar-refractivity contribution in [3.8, 4) is 5.75 Å². The van der Waals surface area contributed by atoms with E-state index in [0.29, 0.717) is 28.3 Å². The van der Waals surface area contributed by atoms with E-state index in [9.17, 15) is 9.59 Å². The Morgan fingerprint density at radius 1 is 1.47 bits per heavy atom. The molecule has 0 bridgehead atoms. The summed E-state index contributed by atoms with van der Waals surface area (Å²) in [5.41, 5.74) is 1.98. The van der Waals surface area contributed by atoms with Crippen LogP contribution >= 0.6 is 0 Å². The Hall–Kier alpha value is -2.63. The lowest BCUT2D eigenvalue weighted by molar-refractivity contribution is -0.136. The SMILES string of the molecule is O=C(O)Cc1ccc2c(c1)OCc1[nH]cnc1C2=O. The summed E-state index contributed by atoms with van der Waals surface area (Å²) in [5.74, 6) is -0.743. The highest BCUT2D eigenvalue weighted by Crippen LogP contribution is 2.28. The molecule has 1 aromatic carbocycles. The van der Waals surface area contributed by atoms with Crippen molar-refractivity contribution in [1.82, 2.24) is 9.97 Å². The molecule has 6 heteroatoms. The second-order valence-corrected chi connectivity index (χ2v) is 4.25. The number of fused-ring (bicyclic) bond motifs is 2. The van der Waals surface area contributed by atoms with Gasteiger partial charge in [-0.25, -0.2) is 4.98 Å². The molecule has 19 heavy (non-hydrogen) atoms. The quantitative estimate of drug-likeness (QED) is 0.843. The Balaban J connectivity index is 2.03.